The molecule has 0 aromatic heterocycles. The molecule has 0 aromatic rings. The summed E-state index contributed by atoms with van der Waals surface area (Å²) in [5.74, 6) is 0. The SMILES string of the molecule is ClC1=CC=C(Cl)N=CCC1. The largest absolute Gasteiger partial charge is 0.249 e. The van der Waals surface area contributed by atoms with Crippen molar-refractivity contribution >= 4 is 29.4 Å². The van der Waals surface area contributed by atoms with Gasteiger partial charge in [-0.3, -0.25) is 0 Å². The van der Waals surface area contributed by atoms with Crippen LogP contribution in [-0.4, -0.2) is 6.21 Å². The van der Waals surface area contributed by atoms with E-state index < -0.39 is 0 Å². The highest BCUT2D eigenvalue weighted by molar-refractivity contribution is 6.31. The zero-order valence-corrected chi connectivity index (χ0v) is 6.86. The molecule has 0 radical (unpaired) electrons. The van der Waals surface area contributed by atoms with E-state index in [-0.39, 0.29) is 0 Å². The number of hydrogen-bond donors (Lipinski definition) is 0. The first kappa shape index (κ1) is 7.83. The molecule has 0 aliphatic carbocycles. The zero-order valence-electron chi connectivity index (χ0n) is 5.35. The highest BCUT2D eigenvalue weighted by Crippen LogP contribution is 2.14. The van der Waals surface area contributed by atoms with Gasteiger partial charge in [-0.1, -0.05) is 23.2 Å². The van der Waals surface area contributed by atoms with Crippen LogP contribution < -0.4 is 0 Å². The molecule has 1 heterocycles. The molecule has 0 fully saturated rings. The maximum Gasteiger partial charge on any atom is 0.128 e. The van der Waals surface area contributed by atoms with E-state index in [1.165, 1.54) is 0 Å². The Morgan fingerprint density at radius 1 is 1.30 bits per heavy atom. The lowest BCUT2D eigenvalue weighted by Crippen LogP contribution is -1.81. The second-order valence-corrected chi connectivity index (χ2v) is 2.83. The molecular formula is C7H7Cl2N. The Hall–Kier alpha value is -0.270. The lowest BCUT2D eigenvalue weighted by atomic mass is 10.3. The average Bonchev–Trinajstić information content (AvgIpc) is 1.90. The number of allylic oxidation sites excluding steroid dienone is 3. The topological polar surface area (TPSA) is 12.4 Å². The summed E-state index contributed by atoms with van der Waals surface area (Å²) in [5, 5.41) is 1.31. The Morgan fingerprint density at radius 2 is 2.10 bits per heavy atom. The lowest BCUT2D eigenvalue weighted by Gasteiger charge is -1.96. The van der Waals surface area contributed by atoms with Crippen LogP contribution >= 0.6 is 23.2 Å². The Bertz CT molecular complexity index is 204. The molecule has 10 heavy (non-hydrogen) atoms. The van der Waals surface area contributed by atoms with Crippen LogP contribution in [-0.2, 0) is 0 Å². The van der Waals surface area contributed by atoms with Crippen LogP contribution in [0.3, 0.4) is 0 Å². The van der Waals surface area contributed by atoms with Crippen molar-refractivity contribution in [2.75, 3.05) is 0 Å². The number of hydrogen-bond acceptors (Lipinski definition) is 1. The van der Waals surface area contributed by atoms with E-state index >= 15 is 0 Å². The van der Waals surface area contributed by atoms with Crippen molar-refractivity contribution in [1.82, 2.24) is 0 Å². The first-order valence-electron chi connectivity index (χ1n) is 3.03. The normalized spacial score (nSPS) is 19.0. The monoisotopic (exact) mass is 175 g/mol. The van der Waals surface area contributed by atoms with Gasteiger partial charge in [-0.15, -0.1) is 0 Å². The van der Waals surface area contributed by atoms with Gasteiger partial charge in [-0.25, -0.2) is 4.99 Å². The summed E-state index contributed by atoms with van der Waals surface area (Å²) in [5.41, 5.74) is 0. The van der Waals surface area contributed by atoms with Gasteiger partial charge in [0.1, 0.15) is 5.16 Å². The summed E-state index contributed by atoms with van der Waals surface area (Å²) in [6.45, 7) is 0. The lowest BCUT2D eigenvalue weighted by molar-refractivity contribution is 1.09. The fourth-order valence-corrected chi connectivity index (χ4v) is 0.944. The highest BCUT2D eigenvalue weighted by Gasteiger charge is 1.93. The molecule has 0 unspecified atom stereocenters. The van der Waals surface area contributed by atoms with Crippen LogP contribution in [0, 0.1) is 0 Å². The third-order valence-electron chi connectivity index (χ3n) is 1.13. The molecule has 0 atom stereocenters. The molecule has 1 rings (SSSR count). The quantitative estimate of drug-likeness (QED) is 0.503. The van der Waals surface area contributed by atoms with E-state index in [0.29, 0.717) is 5.16 Å². The number of halogens is 2. The van der Waals surface area contributed by atoms with E-state index in [9.17, 15) is 0 Å². The van der Waals surface area contributed by atoms with Crippen LogP contribution in [0.25, 0.3) is 0 Å². The fourth-order valence-electron chi connectivity index (χ4n) is 0.640. The Kier molecular flexibility index (Phi) is 2.97. The van der Waals surface area contributed by atoms with E-state index in [1.807, 2.05) is 0 Å². The summed E-state index contributed by atoms with van der Waals surface area (Å²) in [7, 11) is 0. The van der Waals surface area contributed by atoms with Gasteiger partial charge in [0.15, 0.2) is 0 Å². The van der Waals surface area contributed by atoms with Gasteiger partial charge in [0.05, 0.1) is 0 Å². The van der Waals surface area contributed by atoms with Gasteiger partial charge in [-0.05, 0) is 25.0 Å². The van der Waals surface area contributed by atoms with Gasteiger partial charge in [-0.2, -0.15) is 0 Å². The van der Waals surface area contributed by atoms with E-state index in [2.05, 4.69) is 4.99 Å². The smallest absolute Gasteiger partial charge is 0.128 e. The van der Waals surface area contributed by atoms with Gasteiger partial charge in [0, 0.05) is 11.2 Å². The molecule has 0 aromatic carbocycles. The minimum absolute atomic E-state index is 0.484. The molecular weight excluding hydrogens is 169 g/mol. The van der Waals surface area contributed by atoms with Crippen LogP contribution in [0.15, 0.2) is 27.3 Å². The summed E-state index contributed by atoms with van der Waals surface area (Å²) in [6.07, 6.45) is 6.96. The van der Waals surface area contributed by atoms with Gasteiger partial charge < -0.3 is 0 Å². The molecule has 1 aliphatic rings. The fraction of sp³-hybridized carbons (Fsp3) is 0.286. The van der Waals surface area contributed by atoms with Gasteiger partial charge >= 0.3 is 0 Å². The Morgan fingerprint density at radius 3 is 2.90 bits per heavy atom. The van der Waals surface area contributed by atoms with Crippen LogP contribution in [0.5, 0.6) is 0 Å². The van der Waals surface area contributed by atoms with E-state index in [4.69, 9.17) is 23.2 Å². The molecule has 3 heteroatoms. The highest BCUT2D eigenvalue weighted by atomic mass is 35.5. The first-order chi connectivity index (χ1) is 4.79. The first-order valence-corrected chi connectivity index (χ1v) is 3.79. The van der Waals surface area contributed by atoms with Gasteiger partial charge in [0.25, 0.3) is 0 Å². The maximum atomic E-state index is 5.76. The summed E-state index contributed by atoms with van der Waals surface area (Å²) < 4.78 is 0. The molecule has 1 nitrogen and oxygen atoms in total. The standard InChI is InChI=1S/C7H7Cl2N/c8-6-2-1-5-10-7(9)4-3-6/h3-5H,1-2H2. The average molecular weight is 176 g/mol. The second-order valence-electron chi connectivity index (χ2n) is 1.95. The van der Waals surface area contributed by atoms with Crippen molar-refractivity contribution in [3.63, 3.8) is 0 Å². The van der Waals surface area contributed by atoms with Crippen molar-refractivity contribution in [1.29, 1.82) is 0 Å². The summed E-state index contributed by atoms with van der Waals surface area (Å²) in [6, 6.07) is 0. The minimum Gasteiger partial charge on any atom is -0.249 e. The molecule has 0 N–H and O–H groups in total. The molecule has 0 bridgehead atoms. The van der Waals surface area contributed by atoms with E-state index in [0.717, 1.165) is 17.9 Å². The van der Waals surface area contributed by atoms with Crippen molar-refractivity contribution in [3.05, 3.63) is 22.3 Å². The van der Waals surface area contributed by atoms with Crippen molar-refractivity contribution in [2.24, 2.45) is 4.99 Å². The van der Waals surface area contributed by atoms with Crippen molar-refractivity contribution < 1.29 is 0 Å². The number of aliphatic imine (C=N–C) groups is 1. The summed E-state index contributed by atoms with van der Waals surface area (Å²) in [4.78, 5) is 3.92. The molecule has 54 valence electrons. The minimum atomic E-state index is 0.484. The van der Waals surface area contributed by atoms with Crippen molar-refractivity contribution in [3.8, 4) is 0 Å². The predicted molar refractivity (Wildman–Crippen MR) is 45.6 cm³/mol. The third-order valence-corrected chi connectivity index (χ3v) is 1.67. The number of rotatable bonds is 0. The van der Waals surface area contributed by atoms with E-state index in [1.54, 1.807) is 18.4 Å². The molecule has 0 saturated heterocycles. The number of nitrogens with zero attached hydrogens (tertiary/aromatic N) is 1. The Labute approximate surface area is 70.0 Å². The molecule has 0 saturated carbocycles. The predicted octanol–water partition coefficient (Wildman–Crippen LogP) is 3.05. The summed E-state index contributed by atoms with van der Waals surface area (Å²) >= 11 is 11.4. The molecule has 0 spiro atoms. The zero-order chi connectivity index (χ0) is 7.40. The maximum absolute atomic E-state index is 5.76. The van der Waals surface area contributed by atoms with Crippen LogP contribution in [0.2, 0.25) is 0 Å². The van der Waals surface area contributed by atoms with Crippen LogP contribution in [0.4, 0.5) is 0 Å². The van der Waals surface area contributed by atoms with Crippen molar-refractivity contribution in [2.45, 2.75) is 12.8 Å². The Balaban J connectivity index is 2.75. The third kappa shape index (κ3) is 2.54. The second kappa shape index (κ2) is 3.79. The molecule has 0 amide bonds. The van der Waals surface area contributed by atoms with Gasteiger partial charge in [0.2, 0.25) is 0 Å². The molecule has 1 aliphatic heterocycles. The van der Waals surface area contributed by atoms with Crippen LogP contribution in [0.1, 0.15) is 12.8 Å².